The molecule has 1 amide bonds. The molecule has 1 aromatic heterocycles. The third-order valence-corrected chi connectivity index (χ3v) is 4.03. The van der Waals surface area contributed by atoms with E-state index >= 15 is 0 Å². The van der Waals surface area contributed by atoms with Crippen molar-refractivity contribution in [1.29, 1.82) is 0 Å². The van der Waals surface area contributed by atoms with Crippen LogP contribution >= 0.6 is 22.9 Å². The molecule has 0 fully saturated rings. The van der Waals surface area contributed by atoms with Crippen LogP contribution in [0.15, 0.2) is 29.6 Å². The number of carbonyl (C=O) groups excluding carboxylic acids is 1. The number of thiophene rings is 1. The highest BCUT2D eigenvalue weighted by atomic mass is 35.5. The normalized spacial score (nSPS) is 10.4. The van der Waals surface area contributed by atoms with E-state index in [1.54, 1.807) is 17.4 Å². The van der Waals surface area contributed by atoms with E-state index in [1.807, 2.05) is 5.38 Å². The van der Waals surface area contributed by atoms with Crippen LogP contribution in [0, 0.1) is 0 Å². The van der Waals surface area contributed by atoms with Crippen LogP contribution in [0.25, 0.3) is 0 Å². The summed E-state index contributed by atoms with van der Waals surface area (Å²) in [7, 11) is 0. The van der Waals surface area contributed by atoms with Gasteiger partial charge in [0, 0.05) is 9.90 Å². The van der Waals surface area contributed by atoms with E-state index in [2.05, 4.69) is 18.3 Å². The number of phenolic OH excluding ortho intramolecular Hbond substituents is 1. The van der Waals surface area contributed by atoms with E-state index in [-0.39, 0.29) is 17.2 Å². The molecule has 0 aliphatic carbocycles. The molecule has 0 saturated carbocycles. The average molecular weight is 296 g/mol. The van der Waals surface area contributed by atoms with Gasteiger partial charge in [0.1, 0.15) is 5.75 Å². The first kappa shape index (κ1) is 13.9. The van der Waals surface area contributed by atoms with Crippen LogP contribution in [-0.4, -0.2) is 11.0 Å². The molecule has 0 radical (unpaired) electrons. The molecule has 0 aliphatic heterocycles. The van der Waals surface area contributed by atoms with Crippen molar-refractivity contribution in [3.63, 3.8) is 0 Å². The van der Waals surface area contributed by atoms with Crippen LogP contribution in [-0.2, 0) is 13.0 Å². The van der Waals surface area contributed by atoms with Gasteiger partial charge in [0.15, 0.2) is 0 Å². The largest absolute Gasteiger partial charge is 0.507 e. The summed E-state index contributed by atoms with van der Waals surface area (Å²) >= 11 is 7.43. The summed E-state index contributed by atoms with van der Waals surface area (Å²) in [6, 6.07) is 6.48. The van der Waals surface area contributed by atoms with E-state index in [1.165, 1.54) is 17.7 Å². The highest BCUT2D eigenvalue weighted by Gasteiger charge is 2.12. The molecular weight excluding hydrogens is 282 g/mol. The average Bonchev–Trinajstić information content (AvgIpc) is 2.86. The first-order valence-corrected chi connectivity index (χ1v) is 7.19. The number of halogens is 1. The quantitative estimate of drug-likeness (QED) is 0.905. The Labute approximate surface area is 120 Å². The number of carbonyl (C=O) groups is 1. The molecule has 2 rings (SSSR count). The lowest BCUT2D eigenvalue weighted by Gasteiger charge is -2.07. The molecule has 0 spiro atoms. The molecule has 1 heterocycles. The van der Waals surface area contributed by atoms with Crippen LogP contribution in [0.4, 0.5) is 0 Å². The zero-order valence-electron chi connectivity index (χ0n) is 10.4. The number of phenols is 1. The van der Waals surface area contributed by atoms with Gasteiger partial charge in [-0.05, 0) is 41.6 Å². The standard InChI is InChI=1S/C14H14ClNO2S/c1-2-9-5-6-19-13(9)8-16-14(18)11-7-10(15)3-4-12(11)17/h3-7,17H,2,8H2,1H3,(H,16,18). The van der Waals surface area contributed by atoms with Gasteiger partial charge in [0.2, 0.25) is 0 Å². The fraction of sp³-hybridized carbons (Fsp3) is 0.214. The summed E-state index contributed by atoms with van der Waals surface area (Å²) in [5, 5.41) is 14.9. The lowest BCUT2D eigenvalue weighted by molar-refractivity contribution is 0.0948. The summed E-state index contributed by atoms with van der Waals surface area (Å²) in [4.78, 5) is 13.1. The Morgan fingerprint density at radius 3 is 2.95 bits per heavy atom. The van der Waals surface area contributed by atoms with Crippen molar-refractivity contribution < 1.29 is 9.90 Å². The number of amides is 1. The minimum absolute atomic E-state index is 0.0659. The van der Waals surface area contributed by atoms with E-state index in [0.29, 0.717) is 11.6 Å². The number of hydrogen-bond donors (Lipinski definition) is 2. The Morgan fingerprint density at radius 1 is 1.42 bits per heavy atom. The summed E-state index contributed by atoms with van der Waals surface area (Å²) in [6.45, 7) is 2.54. The van der Waals surface area contributed by atoms with Crippen molar-refractivity contribution in [3.8, 4) is 5.75 Å². The molecule has 0 atom stereocenters. The van der Waals surface area contributed by atoms with Crippen molar-refractivity contribution in [2.24, 2.45) is 0 Å². The topological polar surface area (TPSA) is 49.3 Å². The SMILES string of the molecule is CCc1ccsc1CNC(=O)c1cc(Cl)ccc1O. The fourth-order valence-corrected chi connectivity index (χ4v) is 2.87. The lowest BCUT2D eigenvalue weighted by atomic mass is 10.1. The van der Waals surface area contributed by atoms with Gasteiger partial charge in [-0.25, -0.2) is 0 Å². The van der Waals surface area contributed by atoms with Crippen molar-refractivity contribution in [2.75, 3.05) is 0 Å². The molecule has 0 saturated heterocycles. The monoisotopic (exact) mass is 295 g/mol. The first-order chi connectivity index (χ1) is 9.11. The molecule has 5 heteroatoms. The van der Waals surface area contributed by atoms with Gasteiger partial charge >= 0.3 is 0 Å². The smallest absolute Gasteiger partial charge is 0.255 e. The molecular formula is C14H14ClNO2S. The number of aryl methyl sites for hydroxylation is 1. The molecule has 2 N–H and O–H groups in total. The van der Waals surface area contributed by atoms with Crippen LogP contribution in [0.3, 0.4) is 0 Å². The maximum atomic E-state index is 12.0. The Bertz CT molecular complexity index is 595. The van der Waals surface area contributed by atoms with E-state index in [4.69, 9.17) is 11.6 Å². The van der Waals surface area contributed by atoms with Gasteiger partial charge in [-0.1, -0.05) is 18.5 Å². The second-order valence-electron chi connectivity index (χ2n) is 4.07. The molecule has 3 nitrogen and oxygen atoms in total. The zero-order chi connectivity index (χ0) is 13.8. The predicted octanol–water partition coefficient (Wildman–Crippen LogP) is 3.60. The van der Waals surface area contributed by atoms with Gasteiger partial charge in [-0.2, -0.15) is 0 Å². The molecule has 0 aliphatic rings. The van der Waals surface area contributed by atoms with Crippen LogP contribution in [0.1, 0.15) is 27.7 Å². The van der Waals surface area contributed by atoms with Crippen molar-refractivity contribution in [2.45, 2.75) is 19.9 Å². The van der Waals surface area contributed by atoms with E-state index in [0.717, 1.165) is 11.3 Å². The lowest BCUT2D eigenvalue weighted by Crippen LogP contribution is -2.22. The molecule has 100 valence electrons. The van der Waals surface area contributed by atoms with Crippen LogP contribution in [0.5, 0.6) is 5.75 Å². The predicted molar refractivity (Wildman–Crippen MR) is 78.0 cm³/mol. The fourth-order valence-electron chi connectivity index (χ4n) is 1.78. The van der Waals surface area contributed by atoms with Gasteiger partial charge in [-0.15, -0.1) is 11.3 Å². The first-order valence-electron chi connectivity index (χ1n) is 5.93. The van der Waals surface area contributed by atoms with Crippen molar-refractivity contribution >= 4 is 28.8 Å². The highest BCUT2D eigenvalue weighted by Crippen LogP contribution is 2.22. The summed E-state index contributed by atoms with van der Waals surface area (Å²) in [5.74, 6) is -0.390. The third-order valence-electron chi connectivity index (χ3n) is 2.83. The number of nitrogens with one attached hydrogen (secondary N) is 1. The Hall–Kier alpha value is -1.52. The Morgan fingerprint density at radius 2 is 2.21 bits per heavy atom. The van der Waals surface area contributed by atoms with Crippen molar-refractivity contribution in [3.05, 3.63) is 50.7 Å². The van der Waals surface area contributed by atoms with Gasteiger partial charge < -0.3 is 10.4 Å². The highest BCUT2D eigenvalue weighted by molar-refractivity contribution is 7.10. The number of benzene rings is 1. The Balaban J connectivity index is 2.07. The maximum Gasteiger partial charge on any atom is 0.255 e. The van der Waals surface area contributed by atoms with Gasteiger partial charge in [0.05, 0.1) is 12.1 Å². The second kappa shape index (κ2) is 6.08. The van der Waals surface area contributed by atoms with Gasteiger partial charge in [-0.3, -0.25) is 4.79 Å². The minimum atomic E-state index is -0.324. The summed E-state index contributed by atoms with van der Waals surface area (Å²) in [6.07, 6.45) is 0.942. The molecule has 2 aromatic rings. The minimum Gasteiger partial charge on any atom is -0.507 e. The molecule has 0 bridgehead atoms. The second-order valence-corrected chi connectivity index (χ2v) is 5.50. The van der Waals surface area contributed by atoms with Gasteiger partial charge in [0.25, 0.3) is 5.91 Å². The van der Waals surface area contributed by atoms with E-state index in [9.17, 15) is 9.90 Å². The van der Waals surface area contributed by atoms with Crippen LogP contribution < -0.4 is 5.32 Å². The number of aromatic hydroxyl groups is 1. The molecule has 0 unspecified atom stereocenters. The third kappa shape index (κ3) is 3.28. The molecule has 1 aromatic carbocycles. The summed E-state index contributed by atoms with van der Waals surface area (Å²) < 4.78 is 0. The van der Waals surface area contributed by atoms with Crippen molar-refractivity contribution in [1.82, 2.24) is 5.32 Å². The van der Waals surface area contributed by atoms with Crippen LogP contribution in [0.2, 0.25) is 5.02 Å². The zero-order valence-corrected chi connectivity index (χ0v) is 12.0. The molecule has 19 heavy (non-hydrogen) atoms. The Kier molecular flexibility index (Phi) is 4.45. The maximum absolute atomic E-state index is 12.0. The number of rotatable bonds is 4. The summed E-state index contributed by atoms with van der Waals surface area (Å²) in [5.41, 5.74) is 1.43. The number of hydrogen-bond acceptors (Lipinski definition) is 3. The van der Waals surface area contributed by atoms with E-state index < -0.39 is 0 Å².